The zero-order chi connectivity index (χ0) is 18.4. The lowest BCUT2D eigenvalue weighted by molar-refractivity contribution is -0.142. The van der Waals surface area contributed by atoms with Crippen LogP contribution in [0.15, 0.2) is 53.9 Å². The molecule has 27 heavy (non-hydrogen) atoms. The summed E-state index contributed by atoms with van der Waals surface area (Å²) in [5.41, 5.74) is 2.53. The average Bonchev–Trinajstić information content (AvgIpc) is 3.28. The highest BCUT2D eigenvalue weighted by atomic mass is 32.1. The first-order valence-electron chi connectivity index (χ1n) is 9.59. The van der Waals surface area contributed by atoms with Crippen molar-refractivity contribution in [3.63, 3.8) is 0 Å². The molecule has 0 spiro atoms. The van der Waals surface area contributed by atoms with Crippen LogP contribution < -0.4 is 0 Å². The lowest BCUT2D eigenvalue weighted by atomic mass is 9.85. The Kier molecular flexibility index (Phi) is 4.21. The van der Waals surface area contributed by atoms with Crippen LogP contribution in [0.5, 0.6) is 0 Å². The van der Waals surface area contributed by atoms with Gasteiger partial charge in [-0.1, -0.05) is 42.5 Å². The fraction of sp³-hybridized carbons (Fsp3) is 0.364. The standard InChI is InChI=1S/C22H22N2O2S/c25-21-16-8-4-5-9-17(16)22(26)24(21)14-23-12-10-19-18(11-13-27-19)20(23)15-6-2-1-3-7-15/h1-7,11,13,16-17,20H,8-10,12,14H2/t16-,17+,20-/m1/s1. The van der Waals surface area contributed by atoms with E-state index in [9.17, 15) is 9.59 Å². The lowest BCUT2D eigenvalue weighted by Gasteiger charge is -2.38. The highest BCUT2D eigenvalue weighted by Crippen LogP contribution is 2.40. The third-order valence-corrected chi connectivity index (χ3v) is 7.10. The molecule has 2 aromatic rings. The maximum atomic E-state index is 12.9. The van der Waals surface area contributed by atoms with Crippen molar-refractivity contribution in [2.75, 3.05) is 13.2 Å². The van der Waals surface area contributed by atoms with Crippen LogP contribution in [0.2, 0.25) is 0 Å². The van der Waals surface area contributed by atoms with E-state index in [1.165, 1.54) is 20.9 Å². The summed E-state index contributed by atoms with van der Waals surface area (Å²) in [4.78, 5) is 31.1. The van der Waals surface area contributed by atoms with Gasteiger partial charge in [-0.25, -0.2) is 0 Å². The summed E-state index contributed by atoms with van der Waals surface area (Å²) in [6.07, 6.45) is 6.45. The Morgan fingerprint density at radius 2 is 1.67 bits per heavy atom. The second-order valence-electron chi connectivity index (χ2n) is 7.58. The van der Waals surface area contributed by atoms with Gasteiger partial charge in [-0.15, -0.1) is 11.3 Å². The number of rotatable bonds is 3. The van der Waals surface area contributed by atoms with Gasteiger partial charge in [0.25, 0.3) is 0 Å². The molecule has 0 radical (unpaired) electrons. The highest BCUT2D eigenvalue weighted by Gasteiger charge is 2.48. The summed E-state index contributed by atoms with van der Waals surface area (Å²) >= 11 is 1.80. The molecule has 1 saturated heterocycles. The predicted octanol–water partition coefficient (Wildman–Crippen LogP) is 3.60. The molecular weight excluding hydrogens is 356 g/mol. The Bertz CT molecular complexity index is 878. The lowest BCUT2D eigenvalue weighted by Crippen LogP contribution is -2.46. The van der Waals surface area contributed by atoms with Gasteiger partial charge in [0.15, 0.2) is 0 Å². The van der Waals surface area contributed by atoms with E-state index < -0.39 is 0 Å². The number of benzene rings is 1. The summed E-state index contributed by atoms with van der Waals surface area (Å²) in [5.74, 6) is -0.284. The summed E-state index contributed by atoms with van der Waals surface area (Å²) < 4.78 is 0. The van der Waals surface area contributed by atoms with Crippen LogP contribution in [0.4, 0.5) is 0 Å². The molecule has 5 heteroatoms. The van der Waals surface area contributed by atoms with E-state index in [0.29, 0.717) is 19.5 Å². The smallest absolute Gasteiger partial charge is 0.234 e. The molecule has 4 nitrogen and oxygen atoms in total. The minimum atomic E-state index is -0.154. The SMILES string of the molecule is O=C1[C@H]2CC=CC[C@H]2C(=O)N1CN1CCc2sccc2[C@H]1c1ccccc1. The van der Waals surface area contributed by atoms with Gasteiger partial charge in [-0.3, -0.25) is 19.4 Å². The Morgan fingerprint density at radius 1 is 0.963 bits per heavy atom. The Hall–Kier alpha value is -2.24. The number of carbonyl (C=O) groups is 2. The maximum Gasteiger partial charge on any atom is 0.234 e. The topological polar surface area (TPSA) is 40.6 Å². The predicted molar refractivity (Wildman–Crippen MR) is 105 cm³/mol. The van der Waals surface area contributed by atoms with Gasteiger partial charge in [-0.05, 0) is 41.8 Å². The van der Waals surface area contributed by atoms with Crippen molar-refractivity contribution in [2.45, 2.75) is 25.3 Å². The van der Waals surface area contributed by atoms with Gasteiger partial charge < -0.3 is 0 Å². The molecule has 3 aliphatic rings. The number of amides is 2. The van der Waals surface area contributed by atoms with Crippen LogP contribution in [0.25, 0.3) is 0 Å². The van der Waals surface area contributed by atoms with Crippen LogP contribution >= 0.6 is 11.3 Å². The maximum absolute atomic E-state index is 12.9. The molecule has 0 saturated carbocycles. The van der Waals surface area contributed by atoms with Crippen LogP contribution in [0, 0.1) is 11.8 Å². The van der Waals surface area contributed by atoms with Crippen molar-refractivity contribution in [3.05, 3.63) is 69.9 Å². The number of thiophene rings is 1. The summed E-state index contributed by atoms with van der Waals surface area (Å²) in [6.45, 7) is 1.25. The monoisotopic (exact) mass is 378 g/mol. The van der Waals surface area contributed by atoms with Crippen LogP contribution in [-0.2, 0) is 16.0 Å². The molecule has 1 fully saturated rings. The van der Waals surface area contributed by atoms with Gasteiger partial charge in [0.1, 0.15) is 0 Å². The fourth-order valence-electron chi connectivity index (χ4n) is 4.74. The summed E-state index contributed by atoms with van der Waals surface area (Å²) in [7, 11) is 0. The number of carbonyl (C=O) groups excluding carboxylic acids is 2. The van der Waals surface area contributed by atoms with E-state index in [1.54, 1.807) is 11.3 Å². The molecule has 1 aromatic carbocycles. The summed E-state index contributed by atoms with van der Waals surface area (Å²) in [6, 6.07) is 12.7. The molecule has 0 N–H and O–H groups in total. The second kappa shape index (κ2) is 6.73. The van der Waals surface area contributed by atoms with E-state index in [0.717, 1.165) is 13.0 Å². The quantitative estimate of drug-likeness (QED) is 0.605. The third kappa shape index (κ3) is 2.77. The Morgan fingerprint density at radius 3 is 2.37 bits per heavy atom. The third-order valence-electron chi connectivity index (χ3n) is 6.10. The Balaban J connectivity index is 1.46. The van der Waals surface area contributed by atoms with Gasteiger partial charge in [0, 0.05) is 11.4 Å². The molecule has 2 amide bonds. The zero-order valence-electron chi connectivity index (χ0n) is 15.1. The van der Waals surface area contributed by atoms with E-state index in [1.807, 2.05) is 18.2 Å². The fourth-order valence-corrected chi connectivity index (χ4v) is 5.64. The Labute approximate surface area is 163 Å². The average molecular weight is 378 g/mol. The van der Waals surface area contributed by atoms with E-state index >= 15 is 0 Å². The highest BCUT2D eigenvalue weighted by molar-refractivity contribution is 7.10. The van der Waals surface area contributed by atoms with Crippen molar-refractivity contribution in [1.82, 2.24) is 9.80 Å². The first-order valence-corrected chi connectivity index (χ1v) is 10.5. The van der Waals surface area contributed by atoms with Crippen LogP contribution in [0.1, 0.15) is 34.9 Å². The van der Waals surface area contributed by atoms with E-state index in [2.05, 4.69) is 40.6 Å². The minimum Gasteiger partial charge on any atom is -0.274 e. The van der Waals surface area contributed by atoms with E-state index in [-0.39, 0.29) is 29.7 Å². The molecule has 1 aromatic heterocycles. The largest absolute Gasteiger partial charge is 0.274 e. The zero-order valence-corrected chi connectivity index (χ0v) is 15.9. The van der Waals surface area contributed by atoms with E-state index in [4.69, 9.17) is 0 Å². The number of imide groups is 1. The number of likely N-dealkylation sites (tertiary alicyclic amines) is 1. The number of nitrogens with zero attached hydrogens (tertiary/aromatic N) is 2. The first-order chi connectivity index (χ1) is 13.2. The van der Waals surface area contributed by atoms with Gasteiger partial charge in [0.2, 0.25) is 11.8 Å². The number of hydrogen-bond donors (Lipinski definition) is 0. The first kappa shape index (κ1) is 16.9. The van der Waals surface area contributed by atoms with Gasteiger partial charge >= 0.3 is 0 Å². The molecule has 3 atom stereocenters. The number of fused-ring (bicyclic) bond motifs is 2. The van der Waals surface area contributed by atoms with Gasteiger partial charge in [-0.2, -0.15) is 0 Å². The van der Waals surface area contributed by atoms with Crippen molar-refractivity contribution in [1.29, 1.82) is 0 Å². The minimum absolute atomic E-state index is 0.0114. The summed E-state index contributed by atoms with van der Waals surface area (Å²) in [5, 5.41) is 2.15. The number of hydrogen-bond acceptors (Lipinski definition) is 4. The van der Waals surface area contributed by atoms with Crippen LogP contribution in [-0.4, -0.2) is 34.8 Å². The molecule has 138 valence electrons. The normalized spacial score (nSPS) is 27.7. The number of allylic oxidation sites excluding steroid dienone is 2. The van der Waals surface area contributed by atoms with Crippen LogP contribution in [0.3, 0.4) is 0 Å². The molecule has 3 heterocycles. The van der Waals surface area contributed by atoms with Crippen molar-refractivity contribution >= 4 is 23.2 Å². The molecule has 2 aliphatic heterocycles. The van der Waals surface area contributed by atoms with Gasteiger partial charge in [0.05, 0.1) is 24.5 Å². The van der Waals surface area contributed by atoms with Crippen molar-refractivity contribution < 1.29 is 9.59 Å². The van der Waals surface area contributed by atoms with Crippen molar-refractivity contribution in [3.8, 4) is 0 Å². The van der Waals surface area contributed by atoms with Crippen molar-refractivity contribution in [2.24, 2.45) is 11.8 Å². The molecule has 5 rings (SSSR count). The molecule has 0 bridgehead atoms. The molecule has 1 aliphatic carbocycles. The molecular formula is C22H22N2O2S. The second-order valence-corrected chi connectivity index (χ2v) is 8.58. The molecule has 0 unspecified atom stereocenters.